The van der Waals surface area contributed by atoms with Crippen LogP contribution in [-0.4, -0.2) is 37.9 Å². The Morgan fingerprint density at radius 3 is 1.37 bits per heavy atom. The summed E-state index contributed by atoms with van der Waals surface area (Å²) in [4.78, 5) is 25.1. The minimum Gasteiger partial charge on any atom is -0.462 e. The predicted octanol–water partition coefficient (Wildman–Crippen LogP) is 14.3. The van der Waals surface area contributed by atoms with E-state index >= 15 is 0 Å². The van der Waals surface area contributed by atoms with Crippen LogP contribution in [-0.2, 0) is 23.8 Å². The van der Waals surface area contributed by atoms with Crippen LogP contribution in [0.4, 0.5) is 0 Å². The second-order valence-electron chi connectivity index (χ2n) is 13.8. The number of carbonyl (C=O) groups excluding carboxylic acids is 2. The van der Waals surface area contributed by atoms with Crippen LogP contribution in [0.2, 0.25) is 0 Å². The maximum Gasteiger partial charge on any atom is 0.306 e. The first-order chi connectivity index (χ1) is 26.6. The molecular weight excluding hydrogens is 669 g/mol. The Hall–Kier alpha value is -3.18. The number of esters is 2. The van der Waals surface area contributed by atoms with Gasteiger partial charge in [-0.15, -0.1) is 0 Å². The van der Waals surface area contributed by atoms with Gasteiger partial charge in [-0.1, -0.05) is 163 Å². The van der Waals surface area contributed by atoms with E-state index in [9.17, 15) is 9.59 Å². The third-order valence-corrected chi connectivity index (χ3v) is 8.62. The second kappa shape index (κ2) is 44.2. The molecule has 0 rings (SSSR count). The van der Waals surface area contributed by atoms with Crippen LogP contribution in [0.5, 0.6) is 0 Å². The Kier molecular flexibility index (Phi) is 41.6. The molecule has 0 aliphatic rings. The summed E-state index contributed by atoms with van der Waals surface area (Å²) >= 11 is 0. The smallest absolute Gasteiger partial charge is 0.306 e. The van der Waals surface area contributed by atoms with Crippen molar-refractivity contribution >= 4 is 11.9 Å². The van der Waals surface area contributed by atoms with Crippen molar-refractivity contribution in [3.05, 3.63) is 97.2 Å². The van der Waals surface area contributed by atoms with E-state index in [1.165, 1.54) is 25.7 Å². The zero-order valence-electron chi connectivity index (χ0n) is 34.9. The molecule has 0 radical (unpaired) electrons. The third-order valence-electron chi connectivity index (χ3n) is 8.62. The highest BCUT2D eigenvalue weighted by Gasteiger charge is 2.17. The summed E-state index contributed by atoms with van der Waals surface area (Å²) < 4.78 is 17.1. The maximum atomic E-state index is 12.6. The van der Waals surface area contributed by atoms with Crippen molar-refractivity contribution in [1.82, 2.24) is 0 Å². The van der Waals surface area contributed by atoms with Gasteiger partial charge in [-0.25, -0.2) is 0 Å². The summed E-state index contributed by atoms with van der Waals surface area (Å²) in [5, 5.41) is 0. The predicted molar refractivity (Wildman–Crippen MR) is 233 cm³/mol. The van der Waals surface area contributed by atoms with Crippen LogP contribution in [0, 0.1) is 0 Å². The summed E-state index contributed by atoms with van der Waals surface area (Å²) in [7, 11) is 0. The Morgan fingerprint density at radius 1 is 0.426 bits per heavy atom. The van der Waals surface area contributed by atoms with Crippen molar-refractivity contribution in [1.29, 1.82) is 0 Å². The highest BCUT2D eigenvalue weighted by molar-refractivity contribution is 5.70. The number of carbonyl (C=O) groups is 2. The van der Waals surface area contributed by atoms with Crippen LogP contribution in [0.25, 0.3) is 0 Å². The van der Waals surface area contributed by atoms with Gasteiger partial charge in [0.15, 0.2) is 6.10 Å². The van der Waals surface area contributed by atoms with E-state index in [4.69, 9.17) is 14.2 Å². The van der Waals surface area contributed by atoms with Crippen molar-refractivity contribution in [3.63, 3.8) is 0 Å². The van der Waals surface area contributed by atoms with Gasteiger partial charge in [0.05, 0.1) is 6.61 Å². The first-order valence-electron chi connectivity index (χ1n) is 21.8. The second-order valence-corrected chi connectivity index (χ2v) is 13.8. The summed E-state index contributed by atoms with van der Waals surface area (Å²) in [6.07, 6.45) is 58.4. The lowest BCUT2D eigenvalue weighted by atomic mass is 10.1. The average molecular weight is 749 g/mol. The number of ether oxygens (including phenoxy) is 3. The molecule has 0 aliphatic heterocycles. The van der Waals surface area contributed by atoms with Crippen molar-refractivity contribution in [2.75, 3.05) is 19.8 Å². The first-order valence-corrected chi connectivity index (χ1v) is 21.8. The monoisotopic (exact) mass is 749 g/mol. The first kappa shape index (κ1) is 50.8. The van der Waals surface area contributed by atoms with E-state index < -0.39 is 6.10 Å². The van der Waals surface area contributed by atoms with Crippen molar-refractivity contribution in [3.8, 4) is 0 Å². The molecule has 0 saturated carbocycles. The lowest BCUT2D eigenvalue weighted by molar-refractivity contribution is -0.163. The number of hydrogen-bond acceptors (Lipinski definition) is 5. The van der Waals surface area contributed by atoms with Crippen LogP contribution in [0.3, 0.4) is 0 Å². The largest absolute Gasteiger partial charge is 0.462 e. The topological polar surface area (TPSA) is 61.8 Å². The van der Waals surface area contributed by atoms with E-state index in [0.29, 0.717) is 19.4 Å². The fourth-order valence-corrected chi connectivity index (χ4v) is 5.43. The van der Waals surface area contributed by atoms with Gasteiger partial charge in [-0.05, 0) is 96.3 Å². The van der Waals surface area contributed by atoms with E-state index in [0.717, 1.165) is 116 Å². The van der Waals surface area contributed by atoms with Crippen molar-refractivity contribution in [2.24, 2.45) is 0 Å². The average Bonchev–Trinajstić information content (AvgIpc) is 3.17. The van der Waals surface area contributed by atoms with Gasteiger partial charge in [-0.2, -0.15) is 0 Å². The van der Waals surface area contributed by atoms with Crippen LogP contribution in [0.15, 0.2) is 97.2 Å². The molecule has 0 aromatic rings. The fraction of sp³-hybridized carbons (Fsp3) is 0.633. The molecule has 0 amide bonds. The van der Waals surface area contributed by atoms with Gasteiger partial charge in [0.1, 0.15) is 6.61 Å². The molecule has 5 heteroatoms. The normalized spacial score (nSPS) is 13.2. The zero-order valence-corrected chi connectivity index (χ0v) is 34.9. The fourth-order valence-electron chi connectivity index (χ4n) is 5.43. The minimum atomic E-state index is -0.568. The summed E-state index contributed by atoms with van der Waals surface area (Å²) in [5.74, 6) is -0.485. The molecule has 54 heavy (non-hydrogen) atoms. The Balaban J connectivity index is 4.27. The highest BCUT2D eigenvalue weighted by atomic mass is 16.6. The van der Waals surface area contributed by atoms with Crippen LogP contribution in [0.1, 0.15) is 175 Å². The molecule has 0 aliphatic carbocycles. The van der Waals surface area contributed by atoms with Gasteiger partial charge in [0.25, 0.3) is 0 Å². The van der Waals surface area contributed by atoms with Gasteiger partial charge >= 0.3 is 11.9 Å². The minimum absolute atomic E-state index is 0.0505. The summed E-state index contributed by atoms with van der Waals surface area (Å²) in [6.45, 7) is 7.46. The molecule has 0 spiro atoms. The molecule has 0 fully saturated rings. The van der Waals surface area contributed by atoms with Gasteiger partial charge in [0.2, 0.25) is 0 Å². The van der Waals surface area contributed by atoms with E-state index in [1.54, 1.807) is 0 Å². The van der Waals surface area contributed by atoms with E-state index in [1.807, 2.05) is 0 Å². The molecule has 306 valence electrons. The molecule has 0 bridgehead atoms. The van der Waals surface area contributed by atoms with Crippen LogP contribution >= 0.6 is 0 Å². The molecule has 0 aromatic heterocycles. The summed E-state index contributed by atoms with van der Waals surface area (Å²) in [5.41, 5.74) is 0. The lowest BCUT2D eigenvalue weighted by Gasteiger charge is -2.18. The molecule has 1 atom stereocenters. The maximum absolute atomic E-state index is 12.6. The van der Waals surface area contributed by atoms with Crippen LogP contribution < -0.4 is 0 Å². The van der Waals surface area contributed by atoms with Crippen molar-refractivity contribution in [2.45, 2.75) is 181 Å². The Bertz CT molecular complexity index is 1070. The number of rotatable bonds is 38. The molecular formula is C49H80O5. The van der Waals surface area contributed by atoms with Gasteiger partial charge in [0, 0.05) is 19.4 Å². The van der Waals surface area contributed by atoms with Gasteiger partial charge < -0.3 is 14.2 Å². The molecule has 0 N–H and O–H groups in total. The summed E-state index contributed by atoms with van der Waals surface area (Å²) in [6, 6.07) is 0. The Morgan fingerprint density at radius 2 is 0.833 bits per heavy atom. The number of allylic oxidation sites excluding steroid dienone is 16. The SMILES string of the molecule is CC/C=C\C/C=C\C/C=C\C/C=C\CCCCCCC(=O)OCC(COCCCCCCCC)OC(=O)CCCC/C=C\C/C=C\C/C=C\C/C=C\CC. The molecule has 1 unspecified atom stereocenters. The molecule has 0 aromatic carbocycles. The Labute approximate surface area is 332 Å². The molecule has 0 saturated heterocycles. The standard InChI is InChI=1S/C49H80O5/c1-4-7-10-13-16-18-20-22-24-25-27-28-30-32-34-36-39-42-48(50)53-46-47(45-52-44-41-38-15-12-9-6-3)54-49(51)43-40-37-35-33-31-29-26-23-21-19-17-14-11-8-5-2/h7-8,10-11,16-19,22-24,26-28,31,33,47H,4-6,9,12-15,20-21,25,29-30,32,34-46H2,1-3H3/b10-7-,11-8-,18-16-,19-17-,24-22-,26-23-,28-27-,33-31-. The third kappa shape index (κ3) is 41.6. The van der Waals surface area contributed by atoms with E-state index in [-0.39, 0.29) is 25.2 Å². The van der Waals surface area contributed by atoms with Crippen molar-refractivity contribution < 1.29 is 23.8 Å². The lowest BCUT2D eigenvalue weighted by Crippen LogP contribution is -2.30. The number of hydrogen-bond donors (Lipinski definition) is 0. The van der Waals surface area contributed by atoms with Gasteiger partial charge in [-0.3, -0.25) is 9.59 Å². The molecule has 0 heterocycles. The quantitative estimate of drug-likeness (QED) is 0.0357. The molecule has 5 nitrogen and oxygen atoms in total. The zero-order chi connectivity index (χ0) is 39.3. The number of unbranched alkanes of at least 4 members (excludes halogenated alkanes) is 11. The highest BCUT2D eigenvalue weighted by Crippen LogP contribution is 2.10. The van der Waals surface area contributed by atoms with E-state index in [2.05, 4.69) is 118 Å².